The Hall–Kier alpha value is -1.59. The highest BCUT2D eigenvalue weighted by Gasteiger charge is 2.25. The lowest BCUT2D eigenvalue weighted by molar-refractivity contribution is 0.148. The fourth-order valence-electron chi connectivity index (χ4n) is 4.05. The number of nitrogens with one attached hydrogen (secondary N) is 1. The largest absolute Gasteiger partial charge is 0.392 e. The van der Waals surface area contributed by atoms with Crippen LogP contribution in [0, 0.1) is 0 Å². The number of carbonyl (C=O) groups is 1. The molecule has 2 fully saturated rings. The highest BCUT2D eigenvalue weighted by Crippen LogP contribution is 2.20. The van der Waals surface area contributed by atoms with Gasteiger partial charge in [-0.05, 0) is 43.2 Å². The van der Waals surface area contributed by atoms with E-state index in [9.17, 15) is 9.90 Å². The molecule has 2 atom stereocenters. The maximum Gasteiger partial charge on any atom is 0.317 e. The van der Waals surface area contributed by atoms with Crippen molar-refractivity contribution in [2.45, 2.75) is 64.3 Å². The van der Waals surface area contributed by atoms with Crippen LogP contribution in [0.25, 0.3) is 0 Å². The second-order valence-electron chi connectivity index (χ2n) is 7.36. The normalized spacial score (nSPS) is 24.5. The molecule has 5 heteroatoms. The van der Waals surface area contributed by atoms with Gasteiger partial charge in [-0.15, -0.1) is 0 Å². The predicted molar refractivity (Wildman–Crippen MR) is 99.2 cm³/mol. The summed E-state index contributed by atoms with van der Waals surface area (Å²) in [5.41, 5.74) is 2.41. The SMILES string of the molecule is CC[C@@H]1CCCCN1C(=O)NCc1ccccc1CN1CC[C@@H](O)C1. The van der Waals surface area contributed by atoms with Gasteiger partial charge in [-0.3, -0.25) is 4.90 Å². The molecule has 2 amide bonds. The first-order valence-electron chi connectivity index (χ1n) is 9.69. The fourth-order valence-corrected chi connectivity index (χ4v) is 4.05. The van der Waals surface area contributed by atoms with Crippen molar-refractivity contribution >= 4 is 6.03 Å². The van der Waals surface area contributed by atoms with E-state index in [0.717, 1.165) is 51.9 Å². The molecule has 0 bridgehead atoms. The first-order valence-corrected chi connectivity index (χ1v) is 9.69. The van der Waals surface area contributed by atoms with Crippen LogP contribution >= 0.6 is 0 Å². The van der Waals surface area contributed by atoms with Crippen LogP contribution in [-0.2, 0) is 13.1 Å². The Bertz CT molecular complexity index is 578. The Morgan fingerprint density at radius 1 is 1.20 bits per heavy atom. The molecule has 1 aromatic rings. The third-order valence-electron chi connectivity index (χ3n) is 5.55. The van der Waals surface area contributed by atoms with E-state index in [-0.39, 0.29) is 12.1 Å². The summed E-state index contributed by atoms with van der Waals surface area (Å²) in [5.74, 6) is 0. The van der Waals surface area contributed by atoms with E-state index in [4.69, 9.17) is 0 Å². The maximum absolute atomic E-state index is 12.6. The Balaban J connectivity index is 1.58. The molecule has 2 N–H and O–H groups in total. The summed E-state index contributed by atoms with van der Waals surface area (Å²) in [7, 11) is 0. The number of hydrogen-bond donors (Lipinski definition) is 2. The predicted octanol–water partition coefficient (Wildman–Crippen LogP) is 2.73. The van der Waals surface area contributed by atoms with Gasteiger partial charge in [0, 0.05) is 38.8 Å². The fraction of sp³-hybridized carbons (Fsp3) is 0.650. The molecule has 138 valence electrons. The highest BCUT2D eigenvalue weighted by atomic mass is 16.3. The van der Waals surface area contributed by atoms with Crippen molar-refractivity contribution in [3.05, 3.63) is 35.4 Å². The number of β-amino-alcohol motifs (C(OH)–C–C–N with tert-alkyl or cyclic N) is 1. The zero-order valence-corrected chi connectivity index (χ0v) is 15.3. The minimum absolute atomic E-state index is 0.0675. The van der Waals surface area contributed by atoms with Crippen molar-refractivity contribution in [3.63, 3.8) is 0 Å². The molecular formula is C20H31N3O2. The minimum Gasteiger partial charge on any atom is -0.392 e. The number of rotatable bonds is 5. The molecule has 0 radical (unpaired) electrons. The molecule has 0 unspecified atom stereocenters. The van der Waals surface area contributed by atoms with E-state index < -0.39 is 0 Å². The first-order chi connectivity index (χ1) is 12.2. The van der Waals surface area contributed by atoms with Gasteiger partial charge in [-0.2, -0.15) is 0 Å². The number of benzene rings is 1. The Morgan fingerprint density at radius 3 is 2.72 bits per heavy atom. The van der Waals surface area contributed by atoms with Crippen LogP contribution in [0.3, 0.4) is 0 Å². The van der Waals surface area contributed by atoms with Crippen LogP contribution in [-0.4, -0.2) is 52.7 Å². The van der Waals surface area contributed by atoms with Gasteiger partial charge in [0.05, 0.1) is 6.10 Å². The standard InChI is InChI=1S/C20H31N3O2/c1-2-18-9-5-6-11-23(18)20(25)21-13-16-7-3-4-8-17(16)14-22-12-10-19(24)15-22/h3-4,7-8,18-19,24H,2,5-6,9-15H2,1H3,(H,21,25)/t18-,19-/m1/s1. The molecule has 25 heavy (non-hydrogen) atoms. The van der Waals surface area contributed by atoms with Gasteiger partial charge in [0.15, 0.2) is 0 Å². The zero-order valence-electron chi connectivity index (χ0n) is 15.3. The van der Waals surface area contributed by atoms with E-state index in [2.05, 4.69) is 29.3 Å². The van der Waals surface area contributed by atoms with Gasteiger partial charge in [-0.25, -0.2) is 4.79 Å². The third kappa shape index (κ3) is 4.73. The van der Waals surface area contributed by atoms with Crippen molar-refractivity contribution in [1.82, 2.24) is 15.1 Å². The van der Waals surface area contributed by atoms with E-state index in [1.165, 1.54) is 17.5 Å². The lowest BCUT2D eigenvalue weighted by atomic mass is 10.0. The summed E-state index contributed by atoms with van der Waals surface area (Å²) < 4.78 is 0. The van der Waals surface area contributed by atoms with Crippen molar-refractivity contribution in [3.8, 4) is 0 Å². The lowest BCUT2D eigenvalue weighted by Crippen LogP contribution is -2.48. The summed E-state index contributed by atoms with van der Waals surface area (Å²) >= 11 is 0. The molecule has 0 aromatic heterocycles. The number of hydrogen-bond acceptors (Lipinski definition) is 3. The number of amides is 2. The van der Waals surface area contributed by atoms with Crippen LogP contribution in [0.1, 0.15) is 50.2 Å². The van der Waals surface area contributed by atoms with E-state index in [0.29, 0.717) is 12.6 Å². The summed E-state index contributed by atoms with van der Waals surface area (Å²) in [6, 6.07) is 8.75. The molecule has 5 nitrogen and oxygen atoms in total. The monoisotopic (exact) mass is 345 g/mol. The van der Waals surface area contributed by atoms with Gasteiger partial charge >= 0.3 is 6.03 Å². The third-order valence-corrected chi connectivity index (χ3v) is 5.55. The molecule has 3 rings (SSSR count). The minimum atomic E-state index is -0.197. The Morgan fingerprint density at radius 2 is 2.00 bits per heavy atom. The molecule has 0 spiro atoms. The van der Waals surface area contributed by atoms with E-state index in [1.807, 2.05) is 17.0 Å². The van der Waals surface area contributed by atoms with Crippen LogP contribution in [0.2, 0.25) is 0 Å². The smallest absolute Gasteiger partial charge is 0.317 e. The van der Waals surface area contributed by atoms with Gasteiger partial charge < -0.3 is 15.3 Å². The molecule has 2 aliphatic heterocycles. The van der Waals surface area contributed by atoms with Crippen molar-refractivity contribution in [2.24, 2.45) is 0 Å². The quantitative estimate of drug-likeness (QED) is 0.863. The molecule has 0 saturated carbocycles. The highest BCUT2D eigenvalue weighted by molar-refractivity contribution is 5.74. The van der Waals surface area contributed by atoms with Crippen molar-refractivity contribution in [2.75, 3.05) is 19.6 Å². The second kappa shape index (κ2) is 8.68. The average molecular weight is 345 g/mol. The number of aliphatic hydroxyl groups excluding tert-OH is 1. The van der Waals surface area contributed by atoms with Gasteiger partial charge in [0.1, 0.15) is 0 Å². The summed E-state index contributed by atoms with van der Waals surface area (Å²) in [6.45, 7) is 6.12. The van der Waals surface area contributed by atoms with Crippen LogP contribution < -0.4 is 5.32 Å². The molecule has 2 heterocycles. The average Bonchev–Trinajstić information content (AvgIpc) is 3.05. The van der Waals surface area contributed by atoms with Crippen molar-refractivity contribution in [1.29, 1.82) is 0 Å². The number of urea groups is 1. The van der Waals surface area contributed by atoms with Crippen LogP contribution in [0.5, 0.6) is 0 Å². The molecule has 0 aliphatic carbocycles. The van der Waals surface area contributed by atoms with E-state index >= 15 is 0 Å². The number of nitrogens with zero attached hydrogens (tertiary/aromatic N) is 2. The Kier molecular flexibility index (Phi) is 6.32. The zero-order chi connectivity index (χ0) is 17.6. The lowest BCUT2D eigenvalue weighted by Gasteiger charge is -2.35. The van der Waals surface area contributed by atoms with Gasteiger partial charge in [-0.1, -0.05) is 31.2 Å². The number of likely N-dealkylation sites (tertiary alicyclic amines) is 2. The Labute approximate surface area is 151 Å². The summed E-state index contributed by atoms with van der Waals surface area (Å²) in [6.07, 6.45) is 5.15. The summed E-state index contributed by atoms with van der Waals surface area (Å²) in [5, 5.41) is 12.8. The number of piperidine rings is 1. The second-order valence-corrected chi connectivity index (χ2v) is 7.36. The van der Waals surface area contributed by atoms with E-state index in [1.54, 1.807) is 0 Å². The first kappa shape index (κ1) is 18.2. The molecule has 2 saturated heterocycles. The topological polar surface area (TPSA) is 55.8 Å². The molecular weight excluding hydrogens is 314 g/mol. The van der Waals surface area contributed by atoms with Crippen molar-refractivity contribution < 1.29 is 9.90 Å². The molecule has 1 aromatic carbocycles. The summed E-state index contributed by atoms with van der Waals surface area (Å²) in [4.78, 5) is 16.9. The van der Waals surface area contributed by atoms with Crippen LogP contribution in [0.4, 0.5) is 4.79 Å². The number of carbonyl (C=O) groups excluding carboxylic acids is 1. The van der Waals surface area contributed by atoms with Crippen LogP contribution in [0.15, 0.2) is 24.3 Å². The number of aliphatic hydroxyl groups is 1. The maximum atomic E-state index is 12.6. The van der Waals surface area contributed by atoms with Gasteiger partial charge in [0.2, 0.25) is 0 Å². The molecule has 2 aliphatic rings. The van der Waals surface area contributed by atoms with Gasteiger partial charge in [0.25, 0.3) is 0 Å².